The van der Waals surface area contributed by atoms with Crippen molar-refractivity contribution in [3.05, 3.63) is 35.7 Å². The smallest absolute Gasteiger partial charge is 0.230 e. The maximum absolute atomic E-state index is 11.2. The van der Waals surface area contributed by atoms with Crippen molar-refractivity contribution in [3.8, 4) is 0 Å². The van der Waals surface area contributed by atoms with Crippen LogP contribution in [0.15, 0.2) is 35.7 Å². The average molecular weight is 161 g/mol. The molecule has 0 fully saturated rings. The Labute approximate surface area is 69.5 Å². The van der Waals surface area contributed by atoms with Crippen LogP contribution in [0.4, 0.5) is 0 Å². The van der Waals surface area contributed by atoms with Crippen molar-refractivity contribution in [3.63, 3.8) is 0 Å². The molecule has 1 N–H and O–H groups in total. The van der Waals surface area contributed by atoms with Crippen molar-refractivity contribution in [2.24, 2.45) is 0 Å². The normalized spacial score (nSPS) is 21.0. The van der Waals surface area contributed by atoms with Crippen LogP contribution >= 0.6 is 0 Å². The molecule has 1 aliphatic carbocycles. The van der Waals surface area contributed by atoms with Crippen LogP contribution < -0.4 is 5.32 Å². The number of fused-ring (bicyclic) bond motifs is 1. The van der Waals surface area contributed by atoms with Gasteiger partial charge in [0.2, 0.25) is 11.6 Å². The second kappa shape index (κ2) is 2.44. The molecule has 3 heteroatoms. The number of ketones is 2. The summed E-state index contributed by atoms with van der Waals surface area (Å²) < 4.78 is 0. The molecule has 0 spiro atoms. The third-order valence-electron chi connectivity index (χ3n) is 1.88. The summed E-state index contributed by atoms with van der Waals surface area (Å²) in [6.45, 7) is 0. The second-order valence-corrected chi connectivity index (χ2v) is 2.66. The minimum atomic E-state index is -0.385. The molecule has 3 nitrogen and oxygen atoms in total. The number of carbonyl (C=O) groups is 2. The van der Waals surface area contributed by atoms with Gasteiger partial charge in [-0.05, 0) is 12.2 Å². The van der Waals surface area contributed by atoms with Gasteiger partial charge < -0.3 is 5.32 Å². The Hall–Kier alpha value is -1.64. The first kappa shape index (κ1) is 7.03. The Morgan fingerprint density at radius 2 is 2.17 bits per heavy atom. The third-order valence-corrected chi connectivity index (χ3v) is 1.88. The van der Waals surface area contributed by atoms with Crippen molar-refractivity contribution in [1.29, 1.82) is 0 Å². The van der Waals surface area contributed by atoms with Gasteiger partial charge in [0, 0.05) is 23.9 Å². The standard InChI is InChI=1S/C9H7NO2/c11-8-4-3-7-6(9(8)12)2-1-5-10-7/h1-3,5,10H,4H2. The van der Waals surface area contributed by atoms with Gasteiger partial charge in [-0.15, -0.1) is 0 Å². The lowest BCUT2D eigenvalue weighted by Gasteiger charge is -2.16. The lowest BCUT2D eigenvalue weighted by atomic mass is 9.94. The molecule has 1 aliphatic heterocycles. The fourth-order valence-electron chi connectivity index (χ4n) is 1.25. The van der Waals surface area contributed by atoms with Gasteiger partial charge in [0.05, 0.1) is 0 Å². The van der Waals surface area contributed by atoms with Crippen molar-refractivity contribution in [2.45, 2.75) is 6.42 Å². The molecule has 0 saturated heterocycles. The van der Waals surface area contributed by atoms with E-state index in [0.29, 0.717) is 5.57 Å². The number of rotatable bonds is 0. The lowest BCUT2D eigenvalue weighted by Crippen LogP contribution is -2.26. The molecule has 60 valence electrons. The van der Waals surface area contributed by atoms with E-state index in [2.05, 4.69) is 5.32 Å². The van der Waals surface area contributed by atoms with Crippen LogP contribution in [0.3, 0.4) is 0 Å². The topological polar surface area (TPSA) is 46.2 Å². The zero-order valence-corrected chi connectivity index (χ0v) is 6.33. The van der Waals surface area contributed by atoms with Crippen LogP contribution in [0.2, 0.25) is 0 Å². The van der Waals surface area contributed by atoms with Crippen LogP contribution in [0.5, 0.6) is 0 Å². The molecule has 0 bridgehead atoms. The number of allylic oxidation sites excluding steroid dienone is 4. The zero-order valence-electron chi connectivity index (χ0n) is 6.33. The summed E-state index contributed by atoms with van der Waals surface area (Å²) in [4.78, 5) is 22.2. The van der Waals surface area contributed by atoms with Crippen molar-refractivity contribution >= 4 is 11.6 Å². The van der Waals surface area contributed by atoms with E-state index in [1.807, 2.05) is 0 Å². The maximum atomic E-state index is 11.2. The highest BCUT2D eigenvalue weighted by Gasteiger charge is 2.25. The molecule has 2 rings (SSSR count). The van der Waals surface area contributed by atoms with Gasteiger partial charge in [0.1, 0.15) is 0 Å². The van der Waals surface area contributed by atoms with Gasteiger partial charge in [-0.25, -0.2) is 0 Å². The highest BCUT2D eigenvalue weighted by molar-refractivity contribution is 6.45. The molecule has 2 aliphatic rings. The molecule has 0 atom stereocenters. The molecule has 0 saturated carbocycles. The summed E-state index contributed by atoms with van der Waals surface area (Å²) in [5.74, 6) is -0.716. The van der Waals surface area contributed by atoms with Gasteiger partial charge in [-0.1, -0.05) is 6.08 Å². The summed E-state index contributed by atoms with van der Waals surface area (Å²) in [6, 6.07) is 0. The number of carbonyl (C=O) groups excluding carboxylic acids is 2. The van der Waals surface area contributed by atoms with Crippen LogP contribution in [-0.2, 0) is 9.59 Å². The highest BCUT2D eigenvalue weighted by atomic mass is 16.2. The SMILES string of the molecule is O=C1CC=C2NC=CC=C2C1=O. The Balaban J connectivity index is 2.48. The monoisotopic (exact) mass is 161 g/mol. The number of hydrogen-bond donors (Lipinski definition) is 1. The quantitative estimate of drug-likeness (QED) is 0.525. The minimum Gasteiger partial charge on any atom is -0.361 e. The van der Waals surface area contributed by atoms with Gasteiger partial charge in [-0.3, -0.25) is 9.59 Å². The van der Waals surface area contributed by atoms with E-state index in [4.69, 9.17) is 0 Å². The van der Waals surface area contributed by atoms with E-state index in [9.17, 15) is 9.59 Å². The fraction of sp³-hybridized carbons (Fsp3) is 0.111. The van der Waals surface area contributed by atoms with Crippen molar-refractivity contribution in [1.82, 2.24) is 5.32 Å². The molecule has 0 aromatic rings. The average Bonchev–Trinajstić information content (AvgIpc) is 2.12. The van der Waals surface area contributed by atoms with Crippen LogP contribution in [0.1, 0.15) is 6.42 Å². The summed E-state index contributed by atoms with van der Waals surface area (Å²) in [7, 11) is 0. The molecule has 0 aromatic heterocycles. The molecule has 1 heterocycles. The zero-order chi connectivity index (χ0) is 8.55. The van der Waals surface area contributed by atoms with E-state index in [1.165, 1.54) is 0 Å². The number of dihydropyridines is 1. The molecule has 0 unspecified atom stereocenters. The van der Waals surface area contributed by atoms with E-state index in [1.54, 1.807) is 24.4 Å². The highest BCUT2D eigenvalue weighted by Crippen LogP contribution is 2.18. The summed E-state index contributed by atoms with van der Waals surface area (Å²) in [6.07, 6.45) is 7.05. The molecular weight excluding hydrogens is 154 g/mol. The Morgan fingerprint density at radius 3 is 3.00 bits per heavy atom. The molecule has 0 aromatic carbocycles. The predicted molar refractivity (Wildman–Crippen MR) is 43.1 cm³/mol. The molecule has 0 amide bonds. The first-order chi connectivity index (χ1) is 5.79. The molecular formula is C9H7NO2. The van der Waals surface area contributed by atoms with Crippen molar-refractivity contribution < 1.29 is 9.59 Å². The van der Waals surface area contributed by atoms with E-state index >= 15 is 0 Å². The lowest BCUT2D eigenvalue weighted by molar-refractivity contribution is -0.134. The number of Topliss-reactive ketones (excluding diaryl/α,β-unsaturated/α-hetero) is 2. The van der Waals surface area contributed by atoms with E-state index in [-0.39, 0.29) is 18.0 Å². The fourth-order valence-corrected chi connectivity index (χ4v) is 1.25. The van der Waals surface area contributed by atoms with Crippen LogP contribution in [-0.4, -0.2) is 11.6 Å². The van der Waals surface area contributed by atoms with Gasteiger partial charge in [0.25, 0.3) is 0 Å². The second-order valence-electron chi connectivity index (χ2n) is 2.66. The summed E-state index contributed by atoms with van der Waals surface area (Å²) >= 11 is 0. The number of nitrogens with one attached hydrogen (secondary N) is 1. The van der Waals surface area contributed by atoms with Crippen LogP contribution in [0.25, 0.3) is 0 Å². The van der Waals surface area contributed by atoms with E-state index < -0.39 is 0 Å². The first-order valence-electron chi connectivity index (χ1n) is 3.70. The van der Waals surface area contributed by atoms with Crippen molar-refractivity contribution in [2.75, 3.05) is 0 Å². The third kappa shape index (κ3) is 0.906. The predicted octanol–water partition coefficient (Wildman–Crippen LogP) is 0.455. The maximum Gasteiger partial charge on any atom is 0.230 e. The number of hydrogen-bond acceptors (Lipinski definition) is 3. The van der Waals surface area contributed by atoms with Gasteiger partial charge in [0.15, 0.2) is 0 Å². The molecule has 0 radical (unpaired) electrons. The first-order valence-corrected chi connectivity index (χ1v) is 3.70. The Morgan fingerprint density at radius 1 is 1.33 bits per heavy atom. The molecule has 12 heavy (non-hydrogen) atoms. The van der Waals surface area contributed by atoms with Gasteiger partial charge >= 0.3 is 0 Å². The largest absolute Gasteiger partial charge is 0.361 e. The summed E-state index contributed by atoms with van der Waals surface area (Å²) in [5, 5.41) is 2.91. The Bertz CT molecular complexity index is 348. The summed E-state index contributed by atoms with van der Waals surface area (Å²) in [5.41, 5.74) is 1.23. The Kier molecular flexibility index (Phi) is 1.43. The minimum absolute atomic E-state index is 0.215. The van der Waals surface area contributed by atoms with E-state index in [0.717, 1.165) is 5.70 Å². The van der Waals surface area contributed by atoms with Crippen LogP contribution in [0, 0.1) is 0 Å². The van der Waals surface area contributed by atoms with Gasteiger partial charge in [-0.2, -0.15) is 0 Å².